The van der Waals surface area contributed by atoms with Crippen LogP contribution in [0.5, 0.6) is 0 Å². The molecule has 0 fully saturated rings. The molecule has 0 radical (unpaired) electrons. The Morgan fingerprint density at radius 3 is 2.94 bits per heavy atom. The van der Waals surface area contributed by atoms with E-state index in [1.807, 2.05) is 12.1 Å². The molecule has 0 saturated heterocycles. The Morgan fingerprint density at radius 1 is 1.44 bits per heavy atom. The lowest BCUT2D eigenvalue weighted by atomic mass is 10.1. The van der Waals surface area contributed by atoms with E-state index in [4.69, 9.17) is 11.6 Å². The number of nitrogens with one attached hydrogen (secondary N) is 2. The largest absolute Gasteiger partial charge is 0.305 e. The zero-order chi connectivity index (χ0) is 11.4. The highest BCUT2D eigenvalue weighted by molar-refractivity contribution is 6.29. The van der Waals surface area contributed by atoms with Gasteiger partial charge in [-0.15, -0.1) is 0 Å². The minimum Gasteiger partial charge on any atom is -0.305 e. The van der Waals surface area contributed by atoms with E-state index in [0.717, 1.165) is 17.8 Å². The lowest BCUT2D eigenvalue weighted by Gasteiger charge is -2.12. The second kappa shape index (κ2) is 5.09. The van der Waals surface area contributed by atoms with Crippen LogP contribution in [-0.2, 0) is 6.54 Å². The smallest absolute Gasteiger partial charge is 0.129 e. The summed E-state index contributed by atoms with van der Waals surface area (Å²) in [5.41, 5.74) is 2.18. The van der Waals surface area contributed by atoms with Crippen molar-refractivity contribution in [1.82, 2.24) is 20.5 Å². The fraction of sp³-hybridized carbons (Fsp3) is 0.273. The van der Waals surface area contributed by atoms with Gasteiger partial charge in [-0.05, 0) is 24.6 Å². The summed E-state index contributed by atoms with van der Waals surface area (Å²) in [4.78, 5) is 4.05. The van der Waals surface area contributed by atoms with E-state index in [1.165, 1.54) is 0 Å². The first-order valence-electron chi connectivity index (χ1n) is 5.09. The molecule has 2 aromatic heterocycles. The molecular formula is C11H13ClN4. The van der Waals surface area contributed by atoms with Crippen molar-refractivity contribution in [1.29, 1.82) is 0 Å². The van der Waals surface area contributed by atoms with Gasteiger partial charge in [0.2, 0.25) is 0 Å². The van der Waals surface area contributed by atoms with Gasteiger partial charge < -0.3 is 5.32 Å². The van der Waals surface area contributed by atoms with Crippen molar-refractivity contribution in [3.8, 4) is 0 Å². The molecule has 5 heteroatoms. The van der Waals surface area contributed by atoms with E-state index in [9.17, 15) is 0 Å². The summed E-state index contributed by atoms with van der Waals surface area (Å²) in [6, 6.07) is 5.94. The first kappa shape index (κ1) is 11.1. The van der Waals surface area contributed by atoms with Crippen LogP contribution in [0.15, 0.2) is 30.6 Å². The highest BCUT2D eigenvalue weighted by atomic mass is 35.5. The van der Waals surface area contributed by atoms with Gasteiger partial charge in [0.05, 0.1) is 0 Å². The maximum absolute atomic E-state index is 5.73. The average molecular weight is 237 g/mol. The van der Waals surface area contributed by atoms with Gasteiger partial charge in [-0.1, -0.05) is 17.7 Å². The maximum Gasteiger partial charge on any atom is 0.129 e. The molecule has 0 spiro atoms. The van der Waals surface area contributed by atoms with Crippen LogP contribution in [-0.4, -0.2) is 15.2 Å². The Bertz CT molecular complexity index is 424. The van der Waals surface area contributed by atoms with Crippen LogP contribution in [0.2, 0.25) is 5.15 Å². The minimum atomic E-state index is 0.230. The molecule has 0 aliphatic heterocycles. The maximum atomic E-state index is 5.73. The lowest BCUT2D eigenvalue weighted by molar-refractivity contribution is 0.565. The monoisotopic (exact) mass is 236 g/mol. The summed E-state index contributed by atoms with van der Waals surface area (Å²) in [5, 5.41) is 10.7. The highest BCUT2D eigenvalue weighted by Gasteiger charge is 2.05. The third kappa shape index (κ3) is 2.81. The van der Waals surface area contributed by atoms with Crippen LogP contribution in [0.1, 0.15) is 24.2 Å². The molecule has 2 heterocycles. The van der Waals surface area contributed by atoms with Gasteiger partial charge in [-0.25, -0.2) is 4.98 Å². The SMILES string of the molecule is CC(NCc1ccn[nH]1)c1ccc(Cl)nc1. The zero-order valence-electron chi connectivity index (χ0n) is 8.94. The molecule has 0 saturated carbocycles. The van der Waals surface area contributed by atoms with Crippen LogP contribution in [0.4, 0.5) is 0 Å². The van der Waals surface area contributed by atoms with Crippen molar-refractivity contribution < 1.29 is 0 Å². The molecule has 2 rings (SSSR count). The molecule has 4 nitrogen and oxygen atoms in total. The van der Waals surface area contributed by atoms with E-state index in [2.05, 4.69) is 27.4 Å². The van der Waals surface area contributed by atoms with Gasteiger partial charge in [0.1, 0.15) is 5.15 Å². The number of hydrogen-bond acceptors (Lipinski definition) is 3. The van der Waals surface area contributed by atoms with Crippen molar-refractivity contribution in [3.05, 3.63) is 47.0 Å². The van der Waals surface area contributed by atoms with Crippen LogP contribution < -0.4 is 5.32 Å². The minimum absolute atomic E-state index is 0.230. The molecule has 0 aliphatic carbocycles. The quantitative estimate of drug-likeness (QED) is 0.801. The lowest BCUT2D eigenvalue weighted by Crippen LogP contribution is -2.18. The summed E-state index contributed by atoms with van der Waals surface area (Å²) in [7, 11) is 0. The van der Waals surface area contributed by atoms with E-state index in [1.54, 1.807) is 18.5 Å². The predicted octanol–water partition coefficient (Wildman–Crippen LogP) is 2.31. The van der Waals surface area contributed by atoms with Crippen molar-refractivity contribution >= 4 is 11.6 Å². The molecule has 1 atom stereocenters. The molecule has 16 heavy (non-hydrogen) atoms. The van der Waals surface area contributed by atoms with E-state index in [0.29, 0.717) is 5.15 Å². The Hall–Kier alpha value is -1.39. The average Bonchev–Trinajstić information content (AvgIpc) is 2.80. The first-order valence-corrected chi connectivity index (χ1v) is 5.46. The molecular weight excluding hydrogens is 224 g/mol. The standard InChI is InChI=1S/C11H13ClN4/c1-8(9-2-3-11(12)14-6-9)13-7-10-4-5-15-16-10/h2-6,8,13H,7H2,1H3,(H,15,16). The molecule has 2 aromatic rings. The zero-order valence-corrected chi connectivity index (χ0v) is 9.70. The predicted molar refractivity (Wildman–Crippen MR) is 63.1 cm³/mol. The van der Waals surface area contributed by atoms with Crippen molar-refractivity contribution in [2.45, 2.75) is 19.5 Å². The Morgan fingerprint density at radius 2 is 2.31 bits per heavy atom. The summed E-state index contributed by atoms with van der Waals surface area (Å²) in [6.07, 6.45) is 3.53. The number of hydrogen-bond donors (Lipinski definition) is 2. The molecule has 84 valence electrons. The molecule has 1 unspecified atom stereocenters. The second-order valence-electron chi connectivity index (χ2n) is 3.60. The van der Waals surface area contributed by atoms with Gasteiger partial charge >= 0.3 is 0 Å². The number of aromatic amines is 1. The number of rotatable bonds is 4. The molecule has 0 aromatic carbocycles. The fourth-order valence-electron chi connectivity index (χ4n) is 1.41. The van der Waals surface area contributed by atoms with Gasteiger partial charge in [0.25, 0.3) is 0 Å². The summed E-state index contributed by atoms with van der Waals surface area (Å²) >= 11 is 5.73. The van der Waals surface area contributed by atoms with E-state index in [-0.39, 0.29) is 6.04 Å². The second-order valence-corrected chi connectivity index (χ2v) is 3.99. The van der Waals surface area contributed by atoms with E-state index >= 15 is 0 Å². The number of halogens is 1. The van der Waals surface area contributed by atoms with Gasteiger partial charge in [0, 0.05) is 30.7 Å². The van der Waals surface area contributed by atoms with Crippen LogP contribution >= 0.6 is 11.6 Å². The molecule has 0 amide bonds. The first-order chi connectivity index (χ1) is 7.75. The Kier molecular flexibility index (Phi) is 3.54. The molecule has 0 aliphatic rings. The van der Waals surface area contributed by atoms with Gasteiger partial charge in [-0.3, -0.25) is 5.10 Å². The van der Waals surface area contributed by atoms with Crippen LogP contribution in [0, 0.1) is 0 Å². The van der Waals surface area contributed by atoms with Crippen LogP contribution in [0.3, 0.4) is 0 Å². The van der Waals surface area contributed by atoms with E-state index < -0.39 is 0 Å². The Balaban J connectivity index is 1.93. The number of H-pyrrole nitrogens is 1. The van der Waals surface area contributed by atoms with Crippen molar-refractivity contribution in [2.24, 2.45) is 0 Å². The third-order valence-corrected chi connectivity index (χ3v) is 2.63. The summed E-state index contributed by atoms with van der Waals surface area (Å²) in [5.74, 6) is 0. The third-order valence-electron chi connectivity index (χ3n) is 2.41. The normalized spacial score (nSPS) is 12.6. The number of aromatic nitrogens is 3. The number of pyridine rings is 1. The van der Waals surface area contributed by atoms with Crippen LogP contribution in [0.25, 0.3) is 0 Å². The topological polar surface area (TPSA) is 53.6 Å². The molecule has 2 N–H and O–H groups in total. The van der Waals surface area contributed by atoms with Gasteiger partial charge in [-0.2, -0.15) is 5.10 Å². The highest BCUT2D eigenvalue weighted by Crippen LogP contribution is 2.13. The van der Waals surface area contributed by atoms with Crippen molar-refractivity contribution in [2.75, 3.05) is 0 Å². The molecule has 0 bridgehead atoms. The summed E-state index contributed by atoms with van der Waals surface area (Å²) in [6.45, 7) is 2.84. The van der Waals surface area contributed by atoms with Gasteiger partial charge in [0.15, 0.2) is 0 Å². The Labute approximate surface area is 99.1 Å². The number of nitrogens with zero attached hydrogens (tertiary/aromatic N) is 2. The van der Waals surface area contributed by atoms with Crippen molar-refractivity contribution in [3.63, 3.8) is 0 Å². The fourth-order valence-corrected chi connectivity index (χ4v) is 1.52. The summed E-state index contributed by atoms with van der Waals surface area (Å²) < 4.78 is 0.